The van der Waals surface area contributed by atoms with Crippen LogP contribution in [-0.2, 0) is 19.4 Å². The molecule has 0 aromatic carbocycles. The molecular formula is C15H18N4O2. The van der Waals surface area contributed by atoms with E-state index in [1.54, 1.807) is 6.92 Å². The topological polar surface area (TPSA) is 80.9 Å². The van der Waals surface area contributed by atoms with Gasteiger partial charge in [-0.1, -0.05) is 5.16 Å². The molecule has 1 amide bonds. The Morgan fingerprint density at radius 1 is 1.29 bits per heavy atom. The Labute approximate surface area is 123 Å². The molecule has 1 aliphatic carbocycles. The summed E-state index contributed by atoms with van der Waals surface area (Å²) in [5, 5.41) is 6.41. The largest absolute Gasteiger partial charge is 0.361 e. The molecule has 110 valence electrons. The second kappa shape index (κ2) is 5.63. The summed E-state index contributed by atoms with van der Waals surface area (Å²) in [6, 6.07) is 0. The minimum absolute atomic E-state index is 0.215. The smallest absolute Gasteiger partial charge is 0.256 e. The molecule has 1 aliphatic rings. The van der Waals surface area contributed by atoms with Gasteiger partial charge in [0.25, 0.3) is 5.91 Å². The summed E-state index contributed by atoms with van der Waals surface area (Å²) in [5.74, 6) is 0.957. The van der Waals surface area contributed by atoms with Gasteiger partial charge in [-0.25, -0.2) is 9.97 Å². The van der Waals surface area contributed by atoms with Crippen molar-refractivity contribution in [2.45, 2.75) is 46.1 Å². The molecule has 0 bridgehead atoms. The number of hydrogen-bond donors (Lipinski definition) is 1. The van der Waals surface area contributed by atoms with E-state index in [1.807, 2.05) is 6.92 Å². The van der Waals surface area contributed by atoms with Crippen molar-refractivity contribution in [3.05, 3.63) is 40.3 Å². The Bertz CT molecular complexity index is 678. The number of hydrogen-bond acceptors (Lipinski definition) is 5. The summed E-state index contributed by atoms with van der Waals surface area (Å²) in [5.41, 5.74) is 3.90. The highest BCUT2D eigenvalue weighted by Gasteiger charge is 2.17. The van der Waals surface area contributed by atoms with E-state index in [1.165, 1.54) is 24.6 Å². The number of aryl methyl sites for hydroxylation is 3. The van der Waals surface area contributed by atoms with Gasteiger partial charge < -0.3 is 9.84 Å². The van der Waals surface area contributed by atoms with Gasteiger partial charge in [-0.15, -0.1) is 0 Å². The van der Waals surface area contributed by atoms with Crippen LogP contribution in [0.25, 0.3) is 0 Å². The lowest BCUT2D eigenvalue weighted by molar-refractivity contribution is 0.0948. The Morgan fingerprint density at radius 3 is 2.86 bits per heavy atom. The average molecular weight is 286 g/mol. The van der Waals surface area contributed by atoms with E-state index in [0.717, 1.165) is 24.2 Å². The van der Waals surface area contributed by atoms with Crippen LogP contribution in [0.3, 0.4) is 0 Å². The minimum Gasteiger partial charge on any atom is -0.361 e. The van der Waals surface area contributed by atoms with Crippen molar-refractivity contribution < 1.29 is 9.32 Å². The molecular weight excluding hydrogens is 268 g/mol. The van der Waals surface area contributed by atoms with Gasteiger partial charge >= 0.3 is 0 Å². The Hall–Kier alpha value is -2.24. The third-order valence-corrected chi connectivity index (χ3v) is 3.84. The molecule has 21 heavy (non-hydrogen) atoms. The number of nitrogens with zero attached hydrogens (tertiary/aromatic N) is 3. The maximum absolute atomic E-state index is 12.0. The maximum atomic E-state index is 12.0. The molecule has 0 radical (unpaired) electrons. The summed E-state index contributed by atoms with van der Waals surface area (Å²) >= 11 is 0. The first-order valence-electron chi connectivity index (χ1n) is 7.20. The molecule has 0 atom stereocenters. The van der Waals surface area contributed by atoms with E-state index in [2.05, 4.69) is 20.4 Å². The number of carbonyl (C=O) groups is 1. The lowest BCUT2D eigenvalue weighted by atomic mass is 9.95. The number of rotatable bonds is 3. The van der Waals surface area contributed by atoms with Gasteiger partial charge in [0, 0.05) is 11.4 Å². The van der Waals surface area contributed by atoms with Crippen LogP contribution in [0.1, 0.15) is 51.7 Å². The van der Waals surface area contributed by atoms with Crippen LogP contribution >= 0.6 is 0 Å². The molecule has 0 aliphatic heterocycles. The second-order valence-corrected chi connectivity index (χ2v) is 5.34. The van der Waals surface area contributed by atoms with Crippen molar-refractivity contribution >= 4 is 5.91 Å². The SMILES string of the molecule is Cc1nc(CNC(=O)c2cnoc2C)nc2c1CCCC2. The van der Waals surface area contributed by atoms with Crippen LogP contribution in [0.4, 0.5) is 0 Å². The van der Waals surface area contributed by atoms with Gasteiger partial charge in [0.15, 0.2) is 0 Å². The van der Waals surface area contributed by atoms with Crippen molar-refractivity contribution in [3.8, 4) is 0 Å². The van der Waals surface area contributed by atoms with Crippen LogP contribution in [0.5, 0.6) is 0 Å². The van der Waals surface area contributed by atoms with E-state index in [0.29, 0.717) is 23.7 Å². The van der Waals surface area contributed by atoms with Crippen LogP contribution < -0.4 is 5.32 Å². The standard InChI is InChI=1S/C15H18N4O2/c1-9-11-5-3-4-6-13(11)19-14(18-9)8-16-15(20)12-7-17-21-10(12)2/h7H,3-6,8H2,1-2H3,(H,16,20). The quantitative estimate of drug-likeness (QED) is 0.932. The molecule has 0 fully saturated rings. The molecule has 0 saturated heterocycles. The van der Waals surface area contributed by atoms with Gasteiger partial charge in [-0.2, -0.15) is 0 Å². The molecule has 2 aromatic heterocycles. The average Bonchev–Trinajstić information content (AvgIpc) is 2.91. The number of carbonyl (C=O) groups excluding carboxylic acids is 1. The second-order valence-electron chi connectivity index (χ2n) is 5.34. The lowest BCUT2D eigenvalue weighted by Crippen LogP contribution is -2.25. The summed E-state index contributed by atoms with van der Waals surface area (Å²) in [4.78, 5) is 21.1. The van der Waals surface area contributed by atoms with E-state index in [9.17, 15) is 4.79 Å². The van der Waals surface area contributed by atoms with Gasteiger partial charge in [0.2, 0.25) is 0 Å². The Morgan fingerprint density at radius 2 is 2.10 bits per heavy atom. The Kier molecular flexibility index (Phi) is 3.68. The normalized spacial score (nSPS) is 13.8. The first-order chi connectivity index (χ1) is 10.1. The third-order valence-electron chi connectivity index (χ3n) is 3.84. The van der Waals surface area contributed by atoms with Crippen molar-refractivity contribution in [2.75, 3.05) is 0 Å². The van der Waals surface area contributed by atoms with Gasteiger partial charge in [-0.05, 0) is 45.1 Å². The zero-order chi connectivity index (χ0) is 14.8. The van der Waals surface area contributed by atoms with Gasteiger partial charge in [0.1, 0.15) is 17.1 Å². The summed E-state index contributed by atoms with van der Waals surface area (Å²) in [6.07, 6.45) is 5.87. The monoisotopic (exact) mass is 286 g/mol. The highest BCUT2D eigenvalue weighted by atomic mass is 16.5. The number of amides is 1. The molecule has 0 saturated carbocycles. The molecule has 2 heterocycles. The summed E-state index contributed by atoms with van der Waals surface area (Å²) in [7, 11) is 0. The van der Waals surface area contributed by atoms with E-state index >= 15 is 0 Å². The fourth-order valence-electron chi connectivity index (χ4n) is 2.69. The van der Waals surface area contributed by atoms with Crippen molar-refractivity contribution in [3.63, 3.8) is 0 Å². The van der Waals surface area contributed by atoms with Gasteiger partial charge in [0.05, 0.1) is 12.7 Å². The molecule has 0 spiro atoms. The zero-order valence-corrected chi connectivity index (χ0v) is 12.3. The maximum Gasteiger partial charge on any atom is 0.256 e. The zero-order valence-electron chi connectivity index (χ0n) is 12.3. The van der Waals surface area contributed by atoms with Crippen molar-refractivity contribution in [1.82, 2.24) is 20.4 Å². The van der Waals surface area contributed by atoms with Crippen LogP contribution in [0, 0.1) is 13.8 Å². The summed E-state index contributed by atoms with van der Waals surface area (Å²) in [6.45, 7) is 4.04. The predicted octanol–water partition coefficient (Wildman–Crippen LogP) is 1.89. The Balaban J connectivity index is 1.72. The fourth-order valence-corrected chi connectivity index (χ4v) is 2.69. The minimum atomic E-state index is -0.215. The van der Waals surface area contributed by atoms with E-state index in [-0.39, 0.29) is 5.91 Å². The van der Waals surface area contributed by atoms with Crippen molar-refractivity contribution in [2.24, 2.45) is 0 Å². The molecule has 3 rings (SSSR count). The number of fused-ring (bicyclic) bond motifs is 1. The van der Waals surface area contributed by atoms with Crippen molar-refractivity contribution in [1.29, 1.82) is 0 Å². The highest BCUT2D eigenvalue weighted by molar-refractivity contribution is 5.94. The first-order valence-corrected chi connectivity index (χ1v) is 7.20. The first kappa shape index (κ1) is 13.7. The molecule has 6 nitrogen and oxygen atoms in total. The summed E-state index contributed by atoms with van der Waals surface area (Å²) < 4.78 is 4.89. The molecule has 6 heteroatoms. The molecule has 0 unspecified atom stereocenters. The fraction of sp³-hybridized carbons (Fsp3) is 0.467. The van der Waals surface area contributed by atoms with E-state index < -0.39 is 0 Å². The predicted molar refractivity (Wildman–Crippen MR) is 75.8 cm³/mol. The van der Waals surface area contributed by atoms with Crippen LogP contribution in [0.15, 0.2) is 10.7 Å². The molecule has 2 aromatic rings. The van der Waals surface area contributed by atoms with Crippen LogP contribution in [0.2, 0.25) is 0 Å². The number of nitrogens with one attached hydrogen (secondary N) is 1. The third kappa shape index (κ3) is 2.79. The lowest BCUT2D eigenvalue weighted by Gasteiger charge is -2.17. The number of aromatic nitrogens is 3. The van der Waals surface area contributed by atoms with E-state index in [4.69, 9.17) is 4.52 Å². The molecule has 1 N–H and O–H groups in total. The highest BCUT2D eigenvalue weighted by Crippen LogP contribution is 2.21. The van der Waals surface area contributed by atoms with Gasteiger partial charge in [-0.3, -0.25) is 4.79 Å². The van der Waals surface area contributed by atoms with Crippen LogP contribution in [-0.4, -0.2) is 21.0 Å².